The Bertz CT molecular complexity index is 1390. The second-order valence-corrected chi connectivity index (χ2v) is 11.5. The Labute approximate surface area is 212 Å². The zero-order valence-electron chi connectivity index (χ0n) is 20.1. The number of imidazole rings is 1. The molecule has 3 aromatic heterocycles. The third-order valence-electron chi connectivity index (χ3n) is 7.71. The second-order valence-electron chi connectivity index (χ2n) is 9.75. The molecule has 0 spiro atoms. The fourth-order valence-corrected chi connectivity index (χ4v) is 7.06. The van der Waals surface area contributed by atoms with Gasteiger partial charge in [-0.05, 0) is 49.8 Å². The number of halogens is 1. The van der Waals surface area contributed by atoms with Gasteiger partial charge in [-0.3, -0.25) is 4.79 Å². The predicted octanol–water partition coefficient (Wildman–Crippen LogP) is 3.03. The summed E-state index contributed by atoms with van der Waals surface area (Å²) in [6.07, 6.45) is 0.466. The molecule has 0 aliphatic heterocycles. The first-order valence-corrected chi connectivity index (χ1v) is 12.8. The largest absolute Gasteiger partial charge is 0.388 e. The molecular formula is C25H28ClN5O3S. The number of aliphatic hydroxyl groups is 2. The molecule has 2 saturated carbocycles. The lowest BCUT2D eigenvalue weighted by atomic mass is 9.85. The maximum atomic E-state index is 12.9. The van der Waals surface area contributed by atoms with E-state index in [-0.39, 0.29) is 23.8 Å². The van der Waals surface area contributed by atoms with Gasteiger partial charge in [0, 0.05) is 19.0 Å². The van der Waals surface area contributed by atoms with Gasteiger partial charge in [-0.2, -0.15) is 0 Å². The summed E-state index contributed by atoms with van der Waals surface area (Å²) in [5.41, 5.74) is -0.108. The van der Waals surface area contributed by atoms with Gasteiger partial charge in [0.25, 0.3) is 0 Å². The molecule has 2 aliphatic rings. The van der Waals surface area contributed by atoms with Crippen molar-refractivity contribution >= 4 is 45.7 Å². The maximum absolute atomic E-state index is 12.9. The van der Waals surface area contributed by atoms with E-state index in [9.17, 15) is 15.0 Å². The molecule has 8 nitrogen and oxygen atoms in total. The van der Waals surface area contributed by atoms with E-state index in [1.165, 1.54) is 11.3 Å². The van der Waals surface area contributed by atoms with Crippen molar-refractivity contribution in [2.75, 3.05) is 12.4 Å². The highest BCUT2D eigenvalue weighted by molar-refractivity contribution is 7.16. The molecule has 10 heteroatoms. The molecule has 0 saturated heterocycles. The number of nitrogens with zero attached hydrogens (tertiary/aromatic N) is 3. The molecule has 0 radical (unpaired) electrons. The summed E-state index contributed by atoms with van der Waals surface area (Å²) in [7, 11) is 1.55. The number of pyridine rings is 1. The number of hydrogen-bond acceptors (Lipinski definition) is 7. The first-order valence-electron chi connectivity index (χ1n) is 11.6. The maximum Gasteiger partial charge on any atom is 0.229 e. The zero-order chi connectivity index (χ0) is 25.3. The predicted molar refractivity (Wildman–Crippen MR) is 136 cm³/mol. The Morgan fingerprint density at radius 3 is 2.69 bits per heavy atom. The lowest BCUT2D eigenvalue weighted by Gasteiger charge is -2.29. The molecule has 6 atom stereocenters. The van der Waals surface area contributed by atoms with E-state index in [0.29, 0.717) is 21.2 Å². The average Bonchev–Trinajstić information content (AvgIpc) is 3.21. The van der Waals surface area contributed by atoms with Gasteiger partial charge in [0.15, 0.2) is 5.65 Å². The van der Waals surface area contributed by atoms with Crippen molar-refractivity contribution in [3.8, 4) is 11.8 Å². The van der Waals surface area contributed by atoms with Crippen molar-refractivity contribution in [2.45, 2.75) is 51.5 Å². The lowest BCUT2D eigenvalue weighted by Crippen LogP contribution is -2.38. The van der Waals surface area contributed by atoms with Crippen LogP contribution in [0, 0.1) is 29.1 Å². The fraction of sp³-hybridized carbons (Fsp3) is 0.480. The van der Waals surface area contributed by atoms with Crippen LogP contribution in [0.4, 0.5) is 5.69 Å². The summed E-state index contributed by atoms with van der Waals surface area (Å²) < 4.78 is 2.45. The summed E-state index contributed by atoms with van der Waals surface area (Å²) in [5, 5.41) is 28.8. The van der Waals surface area contributed by atoms with Gasteiger partial charge in [-0.15, -0.1) is 11.3 Å². The highest BCUT2D eigenvalue weighted by atomic mass is 35.5. The lowest BCUT2D eigenvalue weighted by molar-refractivity contribution is -0.130. The monoisotopic (exact) mass is 513 g/mol. The minimum atomic E-state index is -1.51. The summed E-state index contributed by atoms with van der Waals surface area (Å²) in [6.45, 7) is 7.77. The Morgan fingerprint density at radius 2 is 2.06 bits per heavy atom. The van der Waals surface area contributed by atoms with Crippen LogP contribution in [0.3, 0.4) is 0 Å². The van der Waals surface area contributed by atoms with E-state index in [0.717, 1.165) is 10.6 Å². The average molecular weight is 514 g/mol. The van der Waals surface area contributed by atoms with E-state index in [4.69, 9.17) is 16.6 Å². The molecule has 184 valence electrons. The number of hydrogen-bond donors (Lipinski definition) is 4. The number of carbonyl (C=O) groups is 1. The number of thiophene rings is 1. The van der Waals surface area contributed by atoms with Crippen molar-refractivity contribution in [2.24, 2.45) is 17.3 Å². The van der Waals surface area contributed by atoms with Crippen LogP contribution in [0.25, 0.3) is 11.2 Å². The van der Waals surface area contributed by atoms with E-state index < -0.39 is 23.2 Å². The van der Waals surface area contributed by atoms with Gasteiger partial charge in [-0.25, -0.2) is 9.97 Å². The van der Waals surface area contributed by atoms with E-state index in [1.807, 2.05) is 39.8 Å². The van der Waals surface area contributed by atoms with Gasteiger partial charge in [0.05, 0.1) is 32.7 Å². The topological polar surface area (TPSA) is 112 Å². The Balaban J connectivity index is 1.63. The molecule has 4 N–H and O–H groups in total. The number of aliphatic hydroxyl groups excluding tert-OH is 1. The number of aromatic nitrogens is 3. The zero-order valence-corrected chi connectivity index (χ0v) is 21.7. The third-order valence-corrected chi connectivity index (χ3v) is 8.86. The first-order chi connectivity index (χ1) is 16.6. The van der Waals surface area contributed by atoms with Crippen LogP contribution in [0.1, 0.15) is 44.3 Å². The van der Waals surface area contributed by atoms with Crippen molar-refractivity contribution in [1.29, 1.82) is 0 Å². The summed E-state index contributed by atoms with van der Waals surface area (Å²) in [5.74, 6) is 5.23. The van der Waals surface area contributed by atoms with Crippen LogP contribution < -0.4 is 10.6 Å². The van der Waals surface area contributed by atoms with Crippen LogP contribution >= 0.6 is 22.9 Å². The summed E-state index contributed by atoms with van der Waals surface area (Å²) in [6, 6.07) is 5.08. The minimum absolute atomic E-state index is 0.143. The molecule has 35 heavy (non-hydrogen) atoms. The molecule has 0 aromatic carbocycles. The number of rotatable bonds is 4. The molecule has 1 unspecified atom stereocenters. The van der Waals surface area contributed by atoms with Gasteiger partial charge < -0.3 is 25.4 Å². The Morgan fingerprint density at radius 1 is 1.31 bits per heavy atom. The van der Waals surface area contributed by atoms with Gasteiger partial charge in [0.1, 0.15) is 22.9 Å². The van der Waals surface area contributed by atoms with Gasteiger partial charge in [-0.1, -0.05) is 25.4 Å². The van der Waals surface area contributed by atoms with Crippen molar-refractivity contribution in [3.63, 3.8) is 0 Å². The Kier molecular flexibility index (Phi) is 5.64. The van der Waals surface area contributed by atoms with Crippen LogP contribution in [-0.2, 0) is 4.79 Å². The normalized spacial score (nSPS) is 31.2. The number of amides is 1. The quantitative estimate of drug-likeness (QED) is 0.399. The molecule has 3 aromatic rings. The fourth-order valence-electron chi connectivity index (χ4n) is 6.16. The first kappa shape index (κ1) is 24.1. The highest BCUT2D eigenvalue weighted by Crippen LogP contribution is 2.76. The number of nitrogens with one attached hydrogen (secondary N) is 2. The van der Waals surface area contributed by atoms with Gasteiger partial charge in [0.2, 0.25) is 5.91 Å². The van der Waals surface area contributed by atoms with Crippen molar-refractivity contribution in [3.05, 3.63) is 39.4 Å². The van der Waals surface area contributed by atoms with Gasteiger partial charge >= 0.3 is 0 Å². The molecular weight excluding hydrogens is 486 g/mol. The molecule has 2 fully saturated rings. The number of carbonyl (C=O) groups excluding carboxylic acids is 1. The number of fused-ring (bicyclic) bond motifs is 2. The van der Waals surface area contributed by atoms with Crippen LogP contribution in [0.5, 0.6) is 0 Å². The van der Waals surface area contributed by atoms with Crippen LogP contribution in [-0.4, -0.2) is 55.4 Å². The van der Waals surface area contributed by atoms with Crippen LogP contribution in [0.2, 0.25) is 4.34 Å². The summed E-state index contributed by atoms with van der Waals surface area (Å²) >= 11 is 7.42. The van der Waals surface area contributed by atoms with E-state index in [2.05, 4.69) is 27.5 Å². The van der Waals surface area contributed by atoms with Crippen molar-refractivity contribution in [1.82, 2.24) is 19.9 Å². The smallest absolute Gasteiger partial charge is 0.229 e. The molecule has 3 heterocycles. The van der Waals surface area contributed by atoms with E-state index in [1.54, 1.807) is 24.0 Å². The molecule has 5 rings (SSSR count). The SMILES string of the molecule is CNC(=O)C12[C@H](C)[C@@H](n3cnc4c(NC(C)C)cc(C#Cc5ccc(Cl)s5)nc43)[C@H](O)[C@]1(O)[C@H]2C. The highest BCUT2D eigenvalue weighted by Gasteiger charge is 2.88. The molecule has 1 amide bonds. The standard InChI is InChI=1S/C25H28ClN5O3S/c1-12(2)29-17-10-15(6-7-16-8-9-18(26)35-16)30-22-19(17)28-11-31(22)20-13(3)24(23(33)27-5)14(4)25(24,34)21(20)32/h8-14,20-21,32,34H,1-5H3,(H,27,33)(H,29,30)/t13-,14+,20-,21+,24?,25-/m1/s1. The minimum Gasteiger partial charge on any atom is -0.388 e. The van der Waals surface area contributed by atoms with Crippen LogP contribution in [0.15, 0.2) is 24.5 Å². The molecule has 2 aliphatic carbocycles. The second kappa shape index (κ2) is 8.20. The molecule has 0 bridgehead atoms. The summed E-state index contributed by atoms with van der Waals surface area (Å²) in [4.78, 5) is 23.1. The number of anilines is 1. The Hall–Kier alpha value is -2.64. The third kappa shape index (κ3) is 3.24. The van der Waals surface area contributed by atoms with E-state index >= 15 is 0 Å². The van der Waals surface area contributed by atoms with Crippen molar-refractivity contribution < 1.29 is 15.0 Å².